The van der Waals surface area contributed by atoms with E-state index in [9.17, 15) is 33.9 Å². The molecule has 0 bridgehead atoms. The van der Waals surface area contributed by atoms with Gasteiger partial charge in [0.25, 0.3) is 0 Å². The van der Waals surface area contributed by atoms with Gasteiger partial charge in [-0.15, -0.1) is 0 Å². The summed E-state index contributed by atoms with van der Waals surface area (Å²) < 4.78 is 21.2. The quantitative estimate of drug-likeness (QED) is 0.0577. The molecule has 48 heavy (non-hydrogen) atoms. The predicted molar refractivity (Wildman–Crippen MR) is 175 cm³/mol. The minimum Gasteiger partial charge on any atom is -0.481 e. The maximum Gasteiger partial charge on any atom is 0.326 e. The van der Waals surface area contributed by atoms with Crippen molar-refractivity contribution in [3.8, 4) is 0 Å². The van der Waals surface area contributed by atoms with Crippen molar-refractivity contribution in [3.63, 3.8) is 0 Å². The van der Waals surface area contributed by atoms with E-state index in [4.69, 9.17) is 24.1 Å². The lowest BCUT2D eigenvalue weighted by Gasteiger charge is -2.33. The Labute approximate surface area is 283 Å². The van der Waals surface area contributed by atoms with Crippen LogP contribution in [-0.2, 0) is 47.7 Å². The zero-order chi connectivity index (χ0) is 36.4. The van der Waals surface area contributed by atoms with Crippen LogP contribution in [0.25, 0.3) is 0 Å². The number of carboxylic acids is 2. The van der Waals surface area contributed by atoms with Crippen molar-refractivity contribution in [1.82, 2.24) is 21.3 Å². The van der Waals surface area contributed by atoms with Gasteiger partial charge in [0, 0.05) is 32.5 Å². The Morgan fingerprint density at radius 3 is 1.65 bits per heavy atom. The minimum absolute atomic E-state index is 0.0392. The van der Waals surface area contributed by atoms with Crippen molar-refractivity contribution in [2.24, 2.45) is 10.8 Å². The molecule has 0 spiro atoms. The molecule has 0 aliphatic heterocycles. The highest BCUT2D eigenvalue weighted by Gasteiger charge is 2.32. The van der Waals surface area contributed by atoms with E-state index in [0.717, 1.165) is 0 Å². The van der Waals surface area contributed by atoms with Crippen LogP contribution in [0.1, 0.15) is 79.6 Å². The fourth-order valence-electron chi connectivity index (χ4n) is 4.99. The maximum absolute atomic E-state index is 12.3. The van der Waals surface area contributed by atoms with Gasteiger partial charge < -0.3 is 50.4 Å². The lowest BCUT2D eigenvalue weighted by molar-refractivity contribution is -0.143. The van der Waals surface area contributed by atoms with E-state index >= 15 is 0 Å². The molecule has 0 fully saturated rings. The van der Waals surface area contributed by atoms with Crippen LogP contribution in [0.5, 0.6) is 0 Å². The average molecular weight is 691 g/mol. The van der Waals surface area contributed by atoms with Gasteiger partial charge in [-0.2, -0.15) is 0 Å². The topological polar surface area (TPSA) is 228 Å². The van der Waals surface area contributed by atoms with Gasteiger partial charge in [0.1, 0.15) is 19.3 Å². The standard InChI is InChI=1S/C32H58N4O12/c1-6-25(37)33-10-8-7-9-24(30(43)44)36-28(40)22-48-18-16-46-14-12-35-27(39)21-47-17-15-45-13-11-34-26(38)19-31(2,3)23-32(4,5)20-29(41)42/h24H,6-23H2,1-5H3,(H,33,37)(H,34,38)(H,35,39)(H,36,40)(H,41,42)(H,43,44). The van der Waals surface area contributed by atoms with Crippen LogP contribution in [0.4, 0.5) is 0 Å². The first-order valence-corrected chi connectivity index (χ1v) is 16.4. The highest BCUT2D eigenvalue weighted by Crippen LogP contribution is 2.38. The summed E-state index contributed by atoms with van der Waals surface area (Å²) in [5.41, 5.74) is -0.772. The van der Waals surface area contributed by atoms with Crippen LogP contribution >= 0.6 is 0 Å². The first-order chi connectivity index (χ1) is 22.6. The van der Waals surface area contributed by atoms with Gasteiger partial charge in [-0.05, 0) is 36.5 Å². The van der Waals surface area contributed by atoms with Crippen LogP contribution in [0.2, 0.25) is 0 Å². The molecular weight excluding hydrogens is 632 g/mol. The number of carbonyl (C=O) groups excluding carboxylic acids is 4. The van der Waals surface area contributed by atoms with Crippen molar-refractivity contribution >= 4 is 35.6 Å². The molecule has 1 atom stereocenters. The Morgan fingerprint density at radius 1 is 0.604 bits per heavy atom. The second-order valence-corrected chi connectivity index (χ2v) is 12.9. The van der Waals surface area contributed by atoms with E-state index < -0.39 is 29.3 Å². The first-order valence-electron chi connectivity index (χ1n) is 16.4. The van der Waals surface area contributed by atoms with Crippen LogP contribution in [-0.4, -0.2) is 124 Å². The van der Waals surface area contributed by atoms with Gasteiger partial charge in [-0.1, -0.05) is 34.6 Å². The third kappa shape index (κ3) is 26.7. The predicted octanol–water partition coefficient (Wildman–Crippen LogP) is 0.858. The molecule has 278 valence electrons. The highest BCUT2D eigenvalue weighted by molar-refractivity contribution is 5.84. The van der Waals surface area contributed by atoms with E-state index in [2.05, 4.69) is 21.3 Å². The summed E-state index contributed by atoms with van der Waals surface area (Å²) in [6.45, 7) is 11.2. The number of carbonyl (C=O) groups is 6. The summed E-state index contributed by atoms with van der Waals surface area (Å²) in [5, 5.41) is 28.9. The molecular formula is C32H58N4O12. The zero-order valence-electron chi connectivity index (χ0n) is 29.3. The van der Waals surface area contributed by atoms with Gasteiger partial charge in [-0.25, -0.2) is 4.79 Å². The van der Waals surface area contributed by atoms with Gasteiger partial charge in [0.2, 0.25) is 23.6 Å². The van der Waals surface area contributed by atoms with Gasteiger partial charge >= 0.3 is 11.9 Å². The van der Waals surface area contributed by atoms with E-state index in [1.165, 1.54) is 0 Å². The maximum atomic E-state index is 12.3. The summed E-state index contributed by atoms with van der Waals surface area (Å²) in [5.74, 6) is -3.08. The largest absolute Gasteiger partial charge is 0.481 e. The Kier molecular flexibility index (Phi) is 23.9. The SMILES string of the molecule is CCC(=O)NCCCCC(NC(=O)COCCOCCNC(=O)COCCOCCNC(=O)CC(C)(C)CC(C)(C)CC(=O)O)C(=O)O. The molecule has 0 rings (SSSR count). The second-order valence-electron chi connectivity index (χ2n) is 12.9. The Balaban J connectivity index is 3.77. The Hall–Kier alpha value is -3.34. The van der Waals surface area contributed by atoms with E-state index in [1.807, 2.05) is 27.7 Å². The molecule has 1 unspecified atom stereocenters. The second kappa shape index (κ2) is 25.6. The lowest BCUT2D eigenvalue weighted by Crippen LogP contribution is -2.42. The molecule has 6 N–H and O–H groups in total. The lowest BCUT2D eigenvalue weighted by atomic mass is 9.72. The Bertz CT molecular complexity index is 990. The number of nitrogens with one attached hydrogen (secondary N) is 4. The zero-order valence-corrected chi connectivity index (χ0v) is 29.3. The molecule has 0 aromatic rings. The number of hydrogen-bond acceptors (Lipinski definition) is 10. The summed E-state index contributed by atoms with van der Waals surface area (Å²) >= 11 is 0. The molecule has 4 amide bonds. The number of unbranched alkanes of at least 4 members (excludes halogenated alkanes) is 1. The summed E-state index contributed by atoms with van der Waals surface area (Å²) in [4.78, 5) is 69.8. The molecule has 0 aromatic carbocycles. The monoisotopic (exact) mass is 690 g/mol. The van der Waals surface area contributed by atoms with E-state index in [-0.39, 0.29) is 102 Å². The number of ether oxygens (including phenoxy) is 4. The van der Waals surface area contributed by atoms with Crippen molar-refractivity contribution in [3.05, 3.63) is 0 Å². The van der Waals surface area contributed by atoms with Gasteiger partial charge in [0.05, 0.1) is 46.1 Å². The molecule has 0 radical (unpaired) electrons. The van der Waals surface area contributed by atoms with Crippen LogP contribution in [0, 0.1) is 10.8 Å². The smallest absolute Gasteiger partial charge is 0.326 e. The van der Waals surface area contributed by atoms with Crippen molar-refractivity contribution < 1.29 is 57.9 Å². The molecule has 0 aliphatic rings. The third-order valence-electron chi connectivity index (χ3n) is 6.77. The molecule has 16 nitrogen and oxygen atoms in total. The summed E-state index contributed by atoms with van der Waals surface area (Å²) in [6.07, 6.45) is 2.65. The molecule has 0 aromatic heterocycles. The Morgan fingerprint density at radius 2 is 1.10 bits per heavy atom. The number of hydrogen-bond donors (Lipinski definition) is 6. The van der Waals surface area contributed by atoms with Crippen LogP contribution in [0.3, 0.4) is 0 Å². The molecule has 0 heterocycles. The highest BCUT2D eigenvalue weighted by atomic mass is 16.5. The summed E-state index contributed by atoms with van der Waals surface area (Å²) in [6, 6.07) is -1.04. The molecule has 0 aliphatic carbocycles. The fraction of sp³-hybridized carbons (Fsp3) is 0.812. The number of rotatable bonds is 30. The van der Waals surface area contributed by atoms with Crippen LogP contribution in [0.15, 0.2) is 0 Å². The molecule has 0 saturated heterocycles. The number of aliphatic carboxylic acids is 2. The van der Waals surface area contributed by atoms with Gasteiger partial charge in [0.15, 0.2) is 0 Å². The van der Waals surface area contributed by atoms with Crippen molar-refractivity contribution in [2.75, 3.05) is 72.5 Å². The molecule has 0 saturated carbocycles. The molecule has 16 heteroatoms. The fourth-order valence-corrected chi connectivity index (χ4v) is 4.99. The van der Waals surface area contributed by atoms with Crippen molar-refractivity contribution in [2.45, 2.75) is 85.6 Å². The average Bonchev–Trinajstić information content (AvgIpc) is 2.97. The van der Waals surface area contributed by atoms with Crippen LogP contribution < -0.4 is 21.3 Å². The van der Waals surface area contributed by atoms with Crippen molar-refractivity contribution in [1.29, 1.82) is 0 Å². The first kappa shape index (κ1) is 44.7. The summed E-state index contributed by atoms with van der Waals surface area (Å²) in [7, 11) is 0. The van der Waals surface area contributed by atoms with E-state index in [0.29, 0.717) is 38.8 Å². The third-order valence-corrected chi connectivity index (χ3v) is 6.77. The number of carboxylic acid groups (broad SMARTS) is 2. The van der Waals surface area contributed by atoms with Gasteiger partial charge in [-0.3, -0.25) is 24.0 Å². The van der Waals surface area contributed by atoms with E-state index in [1.54, 1.807) is 6.92 Å². The minimum atomic E-state index is -1.14. The normalized spacial score (nSPS) is 12.2. The number of amides is 4.